The third-order valence-corrected chi connectivity index (χ3v) is 4.14. The van der Waals surface area contributed by atoms with Crippen molar-refractivity contribution in [3.63, 3.8) is 0 Å². The van der Waals surface area contributed by atoms with Gasteiger partial charge in [0.1, 0.15) is 18.1 Å². The predicted octanol–water partition coefficient (Wildman–Crippen LogP) is 4.40. The molecule has 142 valence electrons. The van der Waals surface area contributed by atoms with Gasteiger partial charge in [-0.15, -0.1) is 0 Å². The molecule has 0 atom stereocenters. The molecule has 6 heteroatoms. The Morgan fingerprint density at radius 2 is 1.54 bits per heavy atom. The zero-order valence-electron chi connectivity index (χ0n) is 15.3. The lowest BCUT2D eigenvalue weighted by Crippen LogP contribution is -2.34. The second-order valence-electron chi connectivity index (χ2n) is 5.94. The van der Waals surface area contributed by atoms with Crippen molar-refractivity contribution in [2.24, 2.45) is 0 Å². The van der Waals surface area contributed by atoms with Crippen LogP contribution in [-0.2, 0) is 6.61 Å². The number of nitrogens with one attached hydrogen (secondary N) is 2. The molecule has 3 aromatic carbocycles. The minimum absolute atomic E-state index is 0.222. The molecule has 0 aliphatic carbocycles. The summed E-state index contributed by atoms with van der Waals surface area (Å²) >= 11 is 5.20. The van der Waals surface area contributed by atoms with Crippen molar-refractivity contribution in [1.82, 2.24) is 5.32 Å². The highest BCUT2D eigenvalue weighted by atomic mass is 32.1. The van der Waals surface area contributed by atoms with Gasteiger partial charge in [-0.1, -0.05) is 30.3 Å². The molecule has 0 spiro atoms. The maximum Gasteiger partial charge on any atom is 0.257 e. The van der Waals surface area contributed by atoms with E-state index < -0.39 is 0 Å². The Hall–Kier alpha value is -3.38. The van der Waals surface area contributed by atoms with E-state index >= 15 is 0 Å². The summed E-state index contributed by atoms with van der Waals surface area (Å²) in [6.45, 7) is 0.474. The molecule has 0 aliphatic heterocycles. The van der Waals surface area contributed by atoms with Gasteiger partial charge in [-0.05, 0) is 66.3 Å². The summed E-state index contributed by atoms with van der Waals surface area (Å²) in [6.07, 6.45) is 0. The lowest BCUT2D eigenvalue weighted by molar-refractivity contribution is 0.0977. The fraction of sp³-hybridized carbons (Fsp3) is 0.0909. The Balaban J connectivity index is 1.51. The number of anilines is 1. The van der Waals surface area contributed by atoms with Crippen LogP contribution in [0.15, 0.2) is 78.9 Å². The van der Waals surface area contributed by atoms with Crippen molar-refractivity contribution in [3.8, 4) is 11.5 Å². The smallest absolute Gasteiger partial charge is 0.257 e. The molecule has 0 fully saturated rings. The van der Waals surface area contributed by atoms with Crippen LogP contribution >= 0.6 is 12.2 Å². The number of thiocarbonyl (C=S) groups is 1. The number of hydrogen-bond acceptors (Lipinski definition) is 4. The van der Waals surface area contributed by atoms with Gasteiger partial charge >= 0.3 is 0 Å². The Morgan fingerprint density at radius 1 is 0.893 bits per heavy atom. The summed E-state index contributed by atoms with van der Waals surface area (Å²) in [5.74, 6) is 1.15. The van der Waals surface area contributed by atoms with E-state index in [0.29, 0.717) is 17.9 Å². The van der Waals surface area contributed by atoms with Gasteiger partial charge in [0.2, 0.25) is 0 Å². The number of benzene rings is 3. The molecule has 0 saturated carbocycles. The standard InChI is InChI=1S/C22H20N2O3S/c1-26-19-13-9-18(10-14-19)23-22(28)24-21(25)17-7-11-20(12-8-17)27-15-16-5-3-2-4-6-16/h2-14H,15H2,1H3,(H2,23,24,25,28). The van der Waals surface area contributed by atoms with Gasteiger partial charge in [0, 0.05) is 11.3 Å². The van der Waals surface area contributed by atoms with Gasteiger partial charge in [0.25, 0.3) is 5.91 Å². The zero-order valence-corrected chi connectivity index (χ0v) is 16.2. The first kappa shape index (κ1) is 19.4. The molecule has 3 aromatic rings. The number of ether oxygens (including phenoxy) is 2. The van der Waals surface area contributed by atoms with Gasteiger partial charge in [-0.3, -0.25) is 10.1 Å². The van der Waals surface area contributed by atoms with Crippen LogP contribution < -0.4 is 20.1 Å². The third-order valence-electron chi connectivity index (χ3n) is 3.94. The monoisotopic (exact) mass is 392 g/mol. The molecular formula is C22H20N2O3S. The average molecular weight is 392 g/mol. The van der Waals surface area contributed by atoms with Crippen molar-refractivity contribution < 1.29 is 14.3 Å². The number of methoxy groups -OCH3 is 1. The predicted molar refractivity (Wildman–Crippen MR) is 114 cm³/mol. The lowest BCUT2D eigenvalue weighted by atomic mass is 10.2. The molecule has 0 unspecified atom stereocenters. The van der Waals surface area contributed by atoms with Crippen molar-refractivity contribution in [3.05, 3.63) is 90.0 Å². The highest BCUT2D eigenvalue weighted by Crippen LogP contribution is 2.16. The second-order valence-corrected chi connectivity index (χ2v) is 6.34. The van der Waals surface area contributed by atoms with Crippen LogP contribution in [0.4, 0.5) is 5.69 Å². The van der Waals surface area contributed by atoms with E-state index in [0.717, 1.165) is 17.0 Å². The van der Waals surface area contributed by atoms with E-state index in [9.17, 15) is 4.79 Å². The first-order valence-corrected chi connectivity index (χ1v) is 9.08. The average Bonchev–Trinajstić information content (AvgIpc) is 2.74. The molecular weight excluding hydrogens is 372 g/mol. The largest absolute Gasteiger partial charge is 0.497 e. The van der Waals surface area contributed by atoms with Crippen LogP contribution in [-0.4, -0.2) is 18.1 Å². The van der Waals surface area contributed by atoms with Gasteiger partial charge < -0.3 is 14.8 Å². The fourth-order valence-corrected chi connectivity index (χ4v) is 2.67. The first-order chi connectivity index (χ1) is 13.6. The van der Waals surface area contributed by atoms with Gasteiger partial charge in [0.05, 0.1) is 7.11 Å². The van der Waals surface area contributed by atoms with Crippen LogP contribution in [0.25, 0.3) is 0 Å². The molecule has 3 rings (SSSR count). The second kappa shape index (κ2) is 9.53. The van der Waals surface area contributed by atoms with Crippen LogP contribution in [0.5, 0.6) is 11.5 Å². The number of amides is 1. The highest BCUT2D eigenvalue weighted by Gasteiger charge is 2.08. The maximum atomic E-state index is 12.3. The Labute approximate surface area is 169 Å². The normalized spacial score (nSPS) is 10.0. The van der Waals surface area contributed by atoms with E-state index in [4.69, 9.17) is 21.7 Å². The summed E-state index contributed by atoms with van der Waals surface area (Å²) in [5, 5.41) is 5.84. The van der Waals surface area contributed by atoms with Crippen molar-refractivity contribution in [1.29, 1.82) is 0 Å². The van der Waals surface area contributed by atoms with Crippen LogP contribution in [0.3, 0.4) is 0 Å². The Bertz CT molecular complexity index is 926. The quantitative estimate of drug-likeness (QED) is 0.609. The minimum Gasteiger partial charge on any atom is -0.497 e. The molecule has 0 aromatic heterocycles. The summed E-state index contributed by atoms with van der Waals surface area (Å²) in [4.78, 5) is 12.3. The molecule has 0 bridgehead atoms. The molecule has 0 saturated heterocycles. The fourth-order valence-electron chi connectivity index (χ4n) is 2.46. The number of carbonyl (C=O) groups excluding carboxylic acids is 1. The molecule has 1 amide bonds. The first-order valence-electron chi connectivity index (χ1n) is 8.67. The Kier molecular flexibility index (Phi) is 6.59. The van der Waals surface area contributed by atoms with Crippen molar-refractivity contribution >= 4 is 28.9 Å². The summed E-state index contributed by atoms with van der Waals surface area (Å²) in [6, 6.07) is 24.1. The number of rotatable bonds is 6. The van der Waals surface area contributed by atoms with Crippen LogP contribution in [0.1, 0.15) is 15.9 Å². The lowest BCUT2D eigenvalue weighted by Gasteiger charge is -2.11. The number of hydrogen-bond donors (Lipinski definition) is 2. The van der Waals surface area contributed by atoms with E-state index in [1.807, 2.05) is 42.5 Å². The van der Waals surface area contributed by atoms with Gasteiger partial charge in [-0.2, -0.15) is 0 Å². The van der Waals surface area contributed by atoms with Crippen LogP contribution in [0.2, 0.25) is 0 Å². The molecule has 28 heavy (non-hydrogen) atoms. The van der Waals surface area contributed by atoms with E-state index in [-0.39, 0.29) is 11.0 Å². The van der Waals surface area contributed by atoms with Crippen molar-refractivity contribution in [2.45, 2.75) is 6.61 Å². The number of carbonyl (C=O) groups is 1. The summed E-state index contributed by atoms with van der Waals surface area (Å²) in [5.41, 5.74) is 2.33. The topological polar surface area (TPSA) is 59.6 Å². The maximum absolute atomic E-state index is 12.3. The highest BCUT2D eigenvalue weighted by molar-refractivity contribution is 7.80. The van der Waals surface area contributed by atoms with Gasteiger partial charge in [0.15, 0.2) is 5.11 Å². The molecule has 5 nitrogen and oxygen atoms in total. The third kappa shape index (κ3) is 5.56. The summed E-state index contributed by atoms with van der Waals surface area (Å²) in [7, 11) is 1.60. The van der Waals surface area contributed by atoms with Gasteiger partial charge in [-0.25, -0.2) is 0 Å². The van der Waals surface area contributed by atoms with E-state index in [1.54, 1.807) is 43.5 Å². The summed E-state index contributed by atoms with van der Waals surface area (Å²) < 4.78 is 10.8. The zero-order chi connectivity index (χ0) is 19.8. The SMILES string of the molecule is COc1ccc(NC(=S)NC(=O)c2ccc(OCc3ccccc3)cc2)cc1. The van der Waals surface area contributed by atoms with E-state index in [2.05, 4.69) is 10.6 Å². The molecule has 0 heterocycles. The Morgan fingerprint density at radius 3 is 2.18 bits per heavy atom. The minimum atomic E-state index is -0.291. The molecule has 0 radical (unpaired) electrons. The van der Waals surface area contributed by atoms with Crippen LogP contribution in [0, 0.1) is 0 Å². The molecule has 2 N–H and O–H groups in total. The van der Waals surface area contributed by atoms with E-state index in [1.165, 1.54) is 0 Å². The van der Waals surface area contributed by atoms with Crippen molar-refractivity contribution in [2.75, 3.05) is 12.4 Å². The molecule has 0 aliphatic rings.